The fourth-order valence-corrected chi connectivity index (χ4v) is 3.37. The number of amides is 1. The summed E-state index contributed by atoms with van der Waals surface area (Å²) >= 11 is 5.02. The highest BCUT2D eigenvalue weighted by atomic mass is 79.9. The summed E-state index contributed by atoms with van der Waals surface area (Å²) in [6.45, 7) is 1.71. The van der Waals surface area contributed by atoms with Crippen molar-refractivity contribution in [3.63, 3.8) is 0 Å². The summed E-state index contributed by atoms with van der Waals surface area (Å²) in [5.41, 5.74) is 1.83. The Hall–Kier alpha value is -1.27. The first kappa shape index (κ1) is 12.7. The number of amidine groups is 1. The minimum absolute atomic E-state index is 0.00750. The van der Waals surface area contributed by atoms with Gasteiger partial charge < -0.3 is 10.2 Å². The zero-order chi connectivity index (χ0) is 13.2. The molecule has 0 saturated carbocycles. The highest BCUT2D eigenvalue weighted by Gasteiger charge is 2.27. The van der Waals surface area contributed by atoms with Gasteiger partial charge in [-0.05, 0) is 33.5 Å². The van der Waals surface area contributed by atoms with E-state index in [9.17, 15) is 4.79 Å². The second kappa shape index (κ2) is 5.38. The van der Waals surface area contributed by atoms with Crippen LogP contribution in [0.15, 0.2) is 44.8 Å². The van der Waals surface area contributed by atoms with Crippen molar-refractivity contribution in [1.29, 1.82) is 0 Å². The van der Waals surface area contributed by atoms with Crippen molar-refractivity contribution in [2.45, 2.75) is 6.42 Å². The number of hydrogen-bond donors (Lipinski definition) is 1. The number of nitrogens with zero attached hydrogens (tertiary/aromatic N) is 2. The Morgan fingerprint density at radius 2 is 2.32 bits per heavy atom. The largest absolute Gasteiger partial charge is 0.325 e. The SMILES string of the molecule is O=C(CC1=CSC2=NCCN12)Nc1ccccc1Br. The van der Waals surface area contributed by atoms with Crippen molar-refractivity contribution in [1.82, 2.24) is 4.90 Å². The fraction of sp³-hybridized carbons (Fsp3) is 0.231. The third-order valence-corrected chi connectivity index (χ3v) is 4.58. The number of halogens is 1. The first-order chi connectivity index (χ1) is 9.24. The molecule has 0 saturated heterocycles. The van der Waals surface area contributed by atoms with Crippen LogP contribution in [0.4, 0.5) is 5.69 Å². The molecule has 0 bridgehead atoms. The molecule has 0 radical (unpaired) electrons. The number of aliphatic imine (C=N–C) groups is 1. The standard InChI is InChI=1S/C13H12BrN3OS/c14-10-3-1-2-4-11(10)16-12(18)7-9-8-19-13-15-5-6-17(9)13/h1-4,8H,5-7H2,(H,16,18). The van der Waals surface area contributed by atoms with Crippen LogP contribution in [0.2, 0.25) is 0 Å². The molecule has 1 amide bonds. The van der Waals surface area contributed by atoms with Crippen LogP contribution in [-0.4, -0.2) is 29.1 Å². The molecular weight excluding hydrogens is 326 g/mol. The van der Waals surface area contributed by atoms with Gasteiger partial charge in [0, 0.05) is 16.7 Å². The number of thioether (sulfide) groups is 1. The number of para-hydroxylation sites is 1. The number of carbonyl (C=O) groups excluding carboxylic acids is 1. The molecule has 19 heavy (non-hydrogen) atoms. The lowest BCUT2D eigenvalue weighted by Gasteiger charge is -2.16. The molecule has 3 rings (SSSR count). The molecule has 1 aromatic rings. The van der Waals surface area contributed by atoms with Crippen molar-refractivity contribution in [2.75, 3.05) is 18.4 Å². The van der Waals surface area contributed by atoms with E-state index < -0.39 is 0 Å². The molecule has 0 spiro atoms. The van der Waals surface area contributed by atoms with Gasteiger partial charge in [-0.15, -0.1) is 0 Å². The van der Waals surface area contributed by atoms with Gasteiger partial charge in [0.2, 0.25) is 5.91 Å². The van der Waals surface area contributed by atoms with Crippen LogP contribution in [0.25, 0.3) is 0 Å². The summed E-state index contributed by atoms with van der Waals surface area (Å²) in [7, 11) is 0. The lowest BCUT2D eigenvalue weighted by Crippen LogP contribution is -2.24. The number of carbonyl (C=O) groups is 1. The molecule has 2 aliphatic heterocycles. The third-order valence-electron chi connectivity index (χ3n) is 2.94. The van der Waals surface area contributed by atoms with Gasteiger partial charge in [-0.1, -0.05) is 23.9 Å². The van der Waals surface area contributed by atoms with E-state index in [4.69, 9.17) is 0 Å². The first-order valence-corrected chi connectivity index (χ1v) is 7.63. The van der Waals surface area contributed by atoms with E-state index >= 15 is 0 Å². The number of benzene rings is 1. The molecule has 1 aromatic carbocycles. The molecule has 2 aliphatic rings. The van der Waals surface area contributed by atoms with E-state index in [1.165, 1.54) is 0 Å². The van der Waals surface area contributed by atoms with Gasteiger partial charge in [-0.2, -0.15) is 0 Å². The van der Waals surface area contributed by atoms with Crippen LogP contribution in [0, 0.1) is 0 Å². The quantitative estimate of drug-likeness (QED) is 0.921. The molecule has 0 aliphatic carbocycles. The fourth-order valence-electron chi connectivity index (χ4n) is 2.04. The molecule has 1 N–H and O–H groups in total. The maximum absolute atomic E-state index is 12.1. The number of nitrogens with one attached hydrogen (secondary N) is 1. The molecule has 0 aromatic heterocycles. The van der Waals surface area contributed by atoms with Gasteiger partial charge in [-0.25, -0.2) is 0 Å². The third kappa shape index (κ3) is 2.69. The summed E-state index contributed by atoms with van der Waals surface area (Å²) in [6, 6.07) is 7.60. The summed E-state index contributed by atoms with van der Waals surface area (Å²) in [6.07, 6.45) is 0.382. The minimum atomic E-state index is -0.00750. The van der Waals surface area contributed by atoms with E-state index in [2.05, 4.69) is 31.1 Å². The predicted molar refractivity (Wildman–Crippen MR) is 82.1 cm³/mol. The van der Waals surface area contributed by atoms with E-state index in [0.29, 0.717) is 6.42 Å². The second-order valence-corrected chi connectivity index (χ2v) is 5.94. The van der Waals surface area contributed by atoms with Crippen LogP contribution in [0.1, 0.15) is 6.42 Å². The van der Waals surface area contributed by atoms with Crippen molar-refractivity contribution in [3.05, 3.63) is 39.8 Å². The topological polar surface area (TPSA) is 44.7 Å². The van der Waals surface area contributed by atoms with Crippen molar-refractivity contribution in [3.8, 4) is 0 Å². The molecule has 0 unspecified atom stereocenters. The normalized spacial score (nSPS) is 17.0. The van der Waals surface area contributed by atoms with Crippen LogP contribution in [0.5, 0.6) is 0 Å². The molecule has 4 nitrogen and oxygen atoms in total. The lowest BCUT2D eigenvalue weighted by atomic mass is 10.2. The Morgan fingerprint density at radius 3 is 3.16 bits per heavy atom. The molecule has 6 heteroatoms. The second-order valence-electron chi connectivity index (χ2n) is 4.25. The summed E-state index contributed by atoms with van der Waals surface area (Å²) in [5, 5.41) is 5.94. The van der Waals surface area contributed by atoms with Gasteiger partial charge in [0.1, 0.15) is 0 Å². The zero-order valence-electron chi connectivity index (χ0n) is 10.1. The number of fused-ring (bicyclic) bond motifs is 1. The van der Waals surface area contributed by atoms with Crippen LogP contribution in [0.3, 0.4) is 0 Å². The predicted octanol–water partition coefficient (Wildman–Crippen LogP) is 3.04. The minimum Gasteiger partial charge on any atom is -0.325 e. The first-order valence-electron chi connectivity index (χ1n) is 5.96. The molecule has 0 atom stereocenters. The van der Waals surface area contributed by atoms with Crippen molar-refractivity contribution < 1.29 is 4.79 Å². The summed E-state index contributed by atoms with van der Waals surface area (Å²) in [4.78, 5) is 18.5. The Balaban J connectivity index is 1.64. The van der Waals surface area contributed by atoms with Crippen LogP contribution >= 0.6 is 27.7 Å². The van der Waals surface area contributed by atoms with Crippen LogP contribution in [-0.2, 0) is 4.79 Å². The van der Waals surface area contributed by atoms with Crippen molar-refractivity contribution >= 4 is 44.5 Å². The van der Waals surface area contributed by atoms with Gasteiger partial charge in [-0.3, -0.25) is 9.79 Å². The van der Waals surface area contributed by atoms with Gasteiger partial charge in [0.05, 0.1) is 18.7 Å². The van der Waals surface area contributed by atoms with Crippen molar-refractivity contribution in [2.24, 2.45) is 4.99 Å². The highest BCUT2D eigenvalue weighted by Crippen LogP contribution is 2.31. The maximum Gasteiger partial charge on any atom is 0.230 e. The summed E-state index contributed by atoms with van der Waals surface area (Å²) < 4.78 is 0.890. The average molecular weight is 338 g/mol. The highest BCUT2D eigenvalue weighted by molar-refractivity contribution is 9.10. The number of hydrogen-bond acceptors (Lipinski definition) is 4. The molecule has 98 valence electrons. The monoisotopic (exact) mass is 337 g/mol. The summed E-state index contributed by atoms with van der Waals surface area (Å²) in [5.74, 6) is -0.00750. The van der Waals surface area contributed by atoms with Gasteiger partial charge in [0.15, 0.2) is 5.17 Å². The smallest absolute Gasteiger partial charge is 0.230 e. The Bertz CT molecular complexity index is 585. The Kier molecular flexibility index (Phi) is 3.61. The lowest BCUT2D eigenvalue weighted by molar-refractivity contribution is -0.115. The van der Waals surface area contributed by atoms with E-state index in [1.54, 1.807) is 11.8 Å². The average Bonchev–Trinajstić information content (AvgIpc) is 2.97. The Labute approximate surface area is 124 Å². The Morgan fingerprint density at radius 1 is 1.47 bits per heavy atom. The molecule has 2 heterocycles. The van der Waals surface area contributed by atoms with E-state index in [-0.39, 0.29) is 5.91 Å². The van der Waals surface area contributed by atoms with E-state index in [0.717, 1.165) is 34.1 Å². The zero-order valence-corrected chi connectivity index (χ0v) is 12.5. The molecule has 0 fully saturated rings. The van der Waals surface area contributed by atoms with Crippen LogP contribution < -0.4 is 5.32 Å². The number of rotatable bonds is 3. The van der Waals surface area contributed by atoms with E-state index in [1.807, 2.05) is 29.7 Å². The van der Waals surface area contributed by atoms with Gasteiger partial charge in [0.25, 0.3) is 0 Å². The van der Waals surface area contributed by atoms with Gasteiger partial charge >= 0.3 is 0 Å². The maximum atomic E-state index is 12.1. The molecular formula is C13H12BrN3OS. The number of anilines is 1.